The first-order valence-corrected chi connectivity index (χ1v) is 10.4. The van der Waals surface area contributed by atoms with E-state index in [0.29, 0.717) is 13.0 Å². The predicted molar refractivity (Wildman–Crippen MR) is 115 cm³/mol. The molecule has 0 saturated heterocycles. The maximum absolute atomic E-state index is 13.1. The molecule has 0 unspecified atom stereocenters. The summed E-state index contributed by atoms with van der Waals surface area (Å²) >= 11 is 1.60. The molecule has 5 heteroatoms. The lowest BCUT2D eigenvalue weighted by Crippen LogP contribution is -2.39. The second-order valence-electron chi connectivity index (χ2n) is 6.70. The maximum Gasteiger partial charge on any atom is 0.233 e. The molecule has 1 heterocycles. The second kappa shape index (κ2) is 9.11. The Labute approximate surface area is 165 Å². The van der Waals surface area contributed by atoms with Gasteiger partial charge in [0.1, 0.15) is 0 Å². The van der Waals surface area contributed by atoms with Crippen molar-refractivity contribution in [2.24, 2.45) is 0 Å². The number of likely N-dealkylation sites (N-methyl/N-ethyl adjacent to an activating group) is 1. The number of aromatic nitrogens is 1. The van der Waals surface area contributed by atoms with Crippen LogP contribution in [0.4, 0.5) is 5.13 Å². The second-order valence-corrected chi connectivity index (χ2v) is 7.71. The minimum Gasteiger partial charge on any atom is -0.302 e. The first kappa shape index (κ1) is 19.5. The minimum absolute atomic E-state index is 0.101. The van der Waals surface area contributed by atoms with Crippen LogP contribution in [0.5, 0.6) is 0 Å². The molecule has 142 valence electrons. The van der Waals surface area contributed by atoms with Gasteiger partial charge in [0.25, 0.3) is 0 Å². The number of amides is 1. The molecule has 0 saturated carbocycles. The van der Waals surface area contributed by atoms with Crippen molar-refractivity contribution in [1.29, 1.82) is 0 Å². The van der Waals surface area contributed by atoms with E-state index in [-0.39, 0.29) is 5.91 Å². The van der Waals surface area contributed by atoms with Crippen molar-refractivity contribution in [3.63, 3.8) is 0 Å². The van der Waals surface area contributed by atoms with E-state index in [1.165, 1.54) is 5.56 Å². The van der Waals surface area contributed by atoms with Crippen molar-refractivity contribution in [3.05, 3.63) is 59.7 Å². The Morgan fingerprint density at radius 2 is 1.78 bits per heavy atom. The number of hydrogen-bond donors (Lipinski definition) is 0. The first-order valence-electron chi connectivity index (χ1n) is 9.54. The molecule has 0 aliphatic rings. The number of anilines is 1. The Balaban J connectivity index is 1.86. The Morgan fingerprint density at radius 3 is 2.48 bits per heavy atom. The molecule has 0 N–H and O–H groups in total. The fourth-order valence-electron chi connectivity index (χ4n) is 3.11. The van der Waals surface area contributed by atoms with Crippen LogP contribution in [0.25, 0.3) is 10.2 Å². The van der Waals surface area contributed by atoms with Gasteiger partial charge in [-0.05, 0) is 43.3 Å². The molecule has 27 heavy (non-hydrogen) atoms. The van der Waals surface area contributed by atoms with E-state index < -0.39 is 0 Å². The van der Waals surface area contributed by atoms with E-state index in [1.54, 1.807) is 11.3 Å². The average molecular weight is 382 g/mol. The lowest BCUT2D eigenvalue weighted by atomic mass is 10.1. The summed E-state index contributed by atoms with van der Waals surface area (Å²) in [7, 11) is 0. The number of thiazole rings is 1. The summed E-state index contributed by atoms with van der Waals surface area (Å²) in [5.74, 6) is 0.101. The van der Waals surface area contributed by atoms with Crippen LogP contribution < -0.4 is 4.90 Å². The summed E-state index contributed by atoms with van der Waals surface area (Å²) in [4.78, 5) is 22.1. The Bertz CT molecular complexity index is 887. The highest BCUT2D eigenvalue weighted by atomic mass is 32.1. The topological polar surface area (TPSA) is 36.4 Å². The van der Waals surface area contributed by atoms with E-state index in [2.05, 4.69) is 37.8 Å². The zero-order valence-corrected chi connectivity index (χ0v) is 17.1. The molecular formula is C22H27N3OS. The highest BCUT2D eigenvalue weighted by Gasteiger charge is 2.20. The van der Waals surface area contributed by atoms with Crippen LogP contribution in [0, 0.1) is 6.92 Å². The molecule has 3 rings (SSSR count). The van der Waals surface area contributed by atoms with Crippen LogP contribution in [-0.4, -0.2) is 42.0 Å². The van der Waals surface area contributed by atoms with Crippen molar-refractivity contribution in [1.82, 2.24) is 9.88 Å². The Hall–Kier alpha value is -2.24. The number of fused-ring (bicyclic) bond motifs is 1. The van der Waals surface area contributed by atoms with Crippen LogP contribution in [0.1, 0.15) is 25.0 Å². The van der Waals surface area contributed by atoms with Crippen molar-refractivity contribution in [2.75, 3.05) is 31.1 Å². The van der Waals surface area contributed by atoms with Gasteiger partial charge in [-0.1, -0.05) is 61.6 Å². The van der Waals surface area contributed by atoms with Gasteiger partial charge < -0.3 is 4.90 Å². The molecule has 1 aromatic heterocycles. The van der Waals surface area contributed by atoms with Crippen molar-refractivity contribution < 1.29 is 4.79 Å². The van der Waals surface area contributed by atoms with Crippen LogP contribution >= 0.6 is 11.3 Å². The average Bonchev–Trinajstić information content (AvgIpc) is 3.08. The summed E-state index contributed by atoms with van der Waals surface area (Å²) in [6.45, 7) is 9.86. The zero-order chi connectivity index (χ0) is 19.2. The standard InChI is InChI=1S/C22H27N3OS/c1-4-24(5-2)13-14-25(21(26)16-18-9-7-6-8-10-18)22-23-19-12-11-17(3)15-20(19)27-22/h6-12,15H,4-5,13-14,16H2,1-3H3. The maximum atomic E-state index is 13.1. The quantitative estimate of drug-likeness (QED) is 0.575. The Morgan fingerprint density at radius 1 is 1.04 bits per heavy atom. The molecule has 0 aliphatic heterocycles. The third-order valence-electron chi connectivity index (χ3n) is 4.80. The van der Waals surface area contributed by atoms with E-state index in [1.807, 2.05) is 41.3 Å². The van der Waals surface area contributed by atoms with Gasteiger partial charge in [-0.25, -0.2) is 4.98 Å². The minimum atomic E-state index is 0.101. The van der Waals surface area contributed by atoms with Gasteiger partial charge in [0, 0.05) is 13.1 Å². The van der Waals surface area contributed by atoms with E-state index in [9.17, 15) is 4.79 Å². The van der Waals surface area contributed by atoms with Crippen molar-refractivity contribution in [3.8, 4) is 0 Å². The lowest BCUT2D eigenvalue weighted by Gasteiger charge is -2.24. The van der Waals surface area contributed by atoms with Crippen molar-refractivity contribution in [2.45, 2.75) is 27.2 Å². The number of rotatable bonds is 8. The highest BCUT2D eigenvalue weighted by Crippen LogP contribution is 2.30. The van der Waals surface area contributed by atoms with Gasteiger partial charge in [-0.3, -0.25) is 9.69 Å². The largest absolute Gasteiger partial charge is 0.302 e. The van der Waals surface area contributed by atoms with E-state index in [0.717, 1.165) is 40.5 Å². The molecule has 4 nitrogen and oxygen atoms in total. The van der Waals surface area contributed by atoms with Crippen LogP contribution in [-0.2, 0) is 11.2 Å². The Kier molecular flexibility index (Phi) is 6.58. The normalized spacial score (nSPS) is 11.3. The summed E-state index contributed by atoms with van der Waals surface area (Å²) in [5.41, 5.74) is 3.20. The van der Waals surface area contributed by atoms with Gasteiger partial charge in [0.05, 0.1) is 16.6 Å². The summed E-state index contributed by atoms with van der Waals surface area (Å²) < 4.78 is 1.13. The molecule has 0 bridgehead atoms. The third-order valence-corrected chi connectivity index (χ3v) is 5.84. The number of carbonyl (C=O) groups is 1. The summed E-state index contributed by atoms with van der Waals surface area (Å²) in [5, 5.41) is 0.795. The monoisotopic (exact) mass is 381 g/mol. The van der Waals surface area contributed by atoms with Crippen LogP contribution in [0.2, 0.25) is 0 Å². The number of benzene rings is 2. The SMILES string of the molecule is CCN(CC)CCN(C(=O)Cc1ccccc1)c1nc2ccc(C)cc2s1. The number of hydrogen-bond acceptors (Lipinski definition) is 4. The molecular weight excluding hydrogens is 354 g/mol. The van der Waals surface area contributed by atoms with Gasteiger partial charge >= 0.3 is 0 Å². The van der Waals surface area contributed by atoms with E-state index >= 15 is 0 Å². The summed E-state index contributed by atoms with van der Waals surface area (Å²) in [6.07, 6.45) is 0.397. The molecule has 2 aromatic carbocycles. The predicted octanol–water partition coefficient (Wildman–Crippen LogP) is 4.52. The fourth-order valence-corrected chi connectivity index (χ4v) is 4.22. The zero-order valence-electron chi connectivity index (χ0n) is 16.3. The molecule has 0 aliphatic carbocycles. The van der Waals surface area contributed by atoms with Crippen molar-refractivity contribution >= 4 is 32.6 Å². The molecule has 1 amide bonds. The number of carbonyl (C=O) groups excluding carboxylic acids is 1. The summed E-state index contributed by atoms with van der Waals surface area (Å²) in [6, 6.07) is 16.2. The molecule has 0 spiro atoms. The lowest BCUT2D eigenvalue weighted by molar-refractivity contribution is -0.118. The van der Waals surface area contributed by atoms with Crippen LogP contribution in [0.3, 0.4) is 0 Å². The highest BCUT2D eigenvalue weighted by molar-refractivity contribution is 7.22. The number of nitrogens with zero attached hydrogens (tertiary/aromatic N) is 3. The number of aryl methyl sites for hydroxylation is 1. The van der Waals surface area contributed by atoms with Crippen LogP contribution in [0.15, 0.2) is 48.5 Å². The third kappa shape index (κ3) is 4.93. The van der Waals surface area contributed by atoms with Gasteiger partial charge in [-0.2, -0.15) is 0 Å². The van der Waals surface area contributed by atoms with Gasteiger partial charge in [0.15, 0.2) is 5.13 Å². The molecule has 0 fully saturated rings. The van der Waals surface area contributed by atoms with Gasteiger partial charge in [-0.15, -0.1) is 0 Å². The van der Waals surface area contributed by atoms with Gasteiger partial charge in [0.2, 0.25) is 5.91 Å². The molecule has 0 atom stereocenters. The smallest absolute Gasteiger partial charge is 0.233 e. The van der Waals surface area contributed by atoms with E-state index in [4.69, 9.17) is 4.98 Å². The molecule has 3 aromatic rings. The first-order chi connectivity index (χ1) is 13.1. The fraction of sp³-hybridized carbons (Fsp3) is 0.364. The molecule has 0 radical (unpaired) electrons.